The molecule has 120 valence electrons. The lowest BCUT2D eigenvalue weighted by Gasteiger charge is -2.14. The van der Waals surface area contributed by atoms with E-state index >= 15 is 0 Å². The van der Waals surface area contributed by atoms with Crippen molar-refractivity contribution in [1.29, 1.82) is 0 Å². The Morgan fingerprint density at radius 3 is 2.35 bits per heavy atom. The van der Waals surface area contributed by atoms with Crippen LogP contribution in [0.3, 0.4) is 0 Å². The van der Waals surface area contributed by atoms with Gasteiger partial charge in [-0.3, -0.25) is 9.59 Å². The van der Waals surface area contributed by atoms with Gasteiger partial charge in [0, 0.05) is 25.5 Å². The highest BCUT2D eigenvalue weighted by atomic mass is 16.5. The first kappa shape index (κ1) is 16.4. The molecule has 2 amide bonds. The van der Waals surface area contributed by atoms with Gasteiger partial charge in [-0.15, -0.1) is 0 Å². The molecular weight excluding hydrogens is 294 g/mol. The number of anilines is 3. The molecule has 2 N–H and O–H groups in total. The van der Waals surface area contributed by atoms with Crippen LogP contribution in [-0.2, 0) is 9.59 Å². The first-order valence-corrected chi connectivity index (χ1v) is 7.04. The van der Waals surface area contributed by atoms with E-state index in [-0.39, 0.29) is 0 Å². The number of carbonyl (C=O) groups is 2. The lowest BCUT2D eigenvalue weighted by atomic mass is 10.2. The summed E-state index contributed by atoms with van der Waals surface area (Å²) in [5, 5.41) is 5.11. The zero-order chi connectivity index (χ0) is 16.8. The molecule has 0 atom stereocenters. The van der Waals surface area contributed by atoms with Crippen LogP contribution in [0, 0.1) is 0 Å². The predicted octanol–water partition coefficient (Wildman–Crippen LogP) is 2.34. The number of para-hydroxylation sites is 2. The number of methoxy groups -OCH3 is 1. The van der Waals surface area contributed by atoms with Crippen molar-refractivity contribution < 1.29 is 14.3 Å². The Kier molecular flexibility index (Phi) is 5.19. The zero-order valence-electron chi connectivity index (χ0n) is 13.3. The van der Waals surface area contributed by atoms with E-state index in [1.807, 2.05) is 31.1 Å². The van der Waals surface area contributed by atoms with E-state index in [2.05, 4.69) is 10.6 Å². The van der Waals surface area contributed by atoms with E-state index in [9.17, 15) is 9.59 Å². The maximum absolute atomic E-state index is 12.0. The Morgan fingerprint density at radius 1 is 0.957 bits per heavy atom. The number of nitrogens with one attached hydrogen (secondary N) is 2. The summed E-state index contributed by atoms with van der Waals surface area (Å²) in [6.45, 7) is 0. The normalized spacial score (nSPS) is 9.87. The van der Waals surface area contributed by atoms with Crippen LogP contribution in [0.2, 0.25) is 0 Å². The van der Waals surface area contributed by atoms with Gasteiger partial charge in [0.2, 0.25) is 0 Å². The van der Waals surface area contributed by atoms with Crippen LogP contribution in [0.4, 0.5) is 17.1 Å². The largest absolute Gasteiger partial charge is 0.495 e. The van der Waals surface area contributed by atoms with Crippen LogP contribution in [0.15, 0.2) is 48.5 Å². The molecule has 0 spiro atoms. The van der Waals surface area contributed by atoms with E-state index in [1.54, 1.807) is 36.4 Å². The average Bonchev–Trinajstić information content (AvgIpc) is 2.55. The first-order valence-electron chi connectivity index (χ1n) is 7.04. The van der Waals surface area contributed by atoms with E-state index in [0.717, 1.165) is 5.69 Å². The number of amides is 2. The smallest absolute Gasteiger partial charge is 0.314 e. The molecular formula is C17H19N3O3. The SMILES string of the molecule is COc1ccccc1NC(=O)C(=O)Nc1cccc(N(C)C)c1. The highest BCUT2D eigenvalue weighted by molar-refractivity contribution is 6.43. The third-order valence-electron chi connectivity index (χ3n) is 3.18. The number of carbonyl (C=O) groups excluding carboxylic acids is 2. The van der Waals surface area contributed by atoms with Gasteiger partial charge in [-0.1, -0.05) is 18.2 Å². The summed E-state index contributed by atoms with van der Waals surface area (Å²) >= 11 is 0. The molecule has 2 aromatic carbocycles. The summed E-state index contributed by atoms with van der Waals surface area (Å²) in [6, 6.07) is 14.1. The minimum absolute atomic E-state index is 0.442. The van der Waals surface area contributed by atoms with E-state index < -0.39 is 11.8 Å². The maximum atomic E-state index is 12.0. The number of benzene rings is 2. The molecule has 2 rings (SSSR count). The van der Waals surface area contributed by atoms with Crippen LogP contribution >= 0.6 is 0 Å². The molecule has 0 bridgehead atoms. The summed E-state index contributed by atoms with van der Waals surface area (Å²) in [6.07, 6.45) is 0. The Balaban J connectivity index is 2.06. The molecule has 0 unspecified atom stereocenters. The van der Waals surface area contributed by atoms with E-state index in [1.165, 1.54) is 7.11 Å². The van der Waals surface area contributed by atoms with Crippen LogP contribution < -0.4 is 20.3 Å². The Bertz CT molecular complexity index is 714. The molecule has 0 saturated carbocycles. The molecule has 0 aliphatic carbocycles. The minimum Gasteiger partial charge on any atom is -0.495 e. The van der Waals surface area contributed by atoms with Gasteiger partial charge in [0.15, 0.2) is 0 Å². The fourth-order valence-corrected chi connectivity index (χ4v) is 1.98. The Labute approximate surface area is 135 Å². The number of hydrogen-bond donors (Lipinski definition) is 2. The Morgan fingerprint density at radius 2 is 1.65 bits per heavy atom. The van der Waals surface area contributed by atoms with Gasteiger partial charge in [0.05, 0.1) is 12.8 Å². The fourth-order valence-electron chi connectivity index (χ4n) is 1.98. The Hall–Kier alpha value is -3.02. The van der Waals surface area contributed by atoms with Crippen molar-refractivity contribution in [2.24, 2.45) is 0 Å². The van der Waals surface area contributed by atoms with Crippen LogP contribution in [0.5, 0.6) is 5.75 Å². The molecule has 2 aromatic rings. The maximum Gasteiger partial charge on any atom is 0.314 e. The second-order valence-electron chi connectivity index (χ2n) is 5.05. The van der Waals surface area contributed by atoms with Crippen molar-refractivity contribution in [3.8, 4) is 5.75 Å². The number of rotatable bonds is 4. The molecule has 0 aliphatic heterocycles. The van der Waals surface area contributed by atoms with Gasteiger partial charge in [-0.2, -0.15) is 0 Å². The molecule has 0 fully saturated rings. The zero-order valence-corrected chi connectivity index (χ0v) is 13.3. The molecule has 6 heteroatoms. The van der Waals surface area contributed by atoms with Crippen molar-refractivity contribution in [3.05, 3.63) is 48.5 Å². The summed E-state index contributed by atoms with van der Waals surface area (Å²) in [5.74, 6) is -1.01. The topological polar surface area (TPSA) is 70.7 Å². The first-order chi connectivity index (χ1) is 11.0. The lowest BCUT2D eigenvalue weighted by Crippen LogP contribution is -2.29. The monoisotopic (exact) mass is 313 g/mol. The number of nitrogens with zero attached hydrogens (tertiary/aromatic N) is 1. The molecule has 0 radical (unpaired) electrons. The van der Waals surface area contributed by atoms with Crippen molar-refractivity contribution in [1.82, 2.24) is 0 Å². The third kappa shape index (κ3) is 4.23. The molecule has 0 aliphatic rings. The van der Waals surface area contributed by atoms with E-state index in [0.29, 0.717) is 17.1 Å². The van der Waals surface area contributed by atoms with Crippen LogP contribution in [0.1, 0.15) is 0 Å². The highest BCUT2D eigenvalue weighted by Crippen LogP contribution is 2.23. The third-order valence-corrected chi connectivity index (χ3v) is 3.18. The van der Waals surface area contributed by atoms with Gasteiger partial charge >= 0.3 is 11.8 Å². The second-order valence-corrected chi connectivity index (χ2v) is 5.05. The van der Waals surface area contributed by atoms with Crippen molar-refractivity contribution in [2.45, 2.75) is 0 Å². The van der Waals surface area contributed by atoms with Crippen molar-refractivity contribution in [3.63, 3.8) is 0 Å². The summed E-state index contributed by atoms with van der Waals surface area (Å²) in [5.41, 5.74) is 1.92. The van der Waals surface area contributed by atoms with E-state index in [4.69, 9.17) is 4.74 Å². The molecule has 23 heavy (non-hydrogen) atoms. The van der Waals surface area contributed by atoms with Gasteiger partial charge in [-0.25, -0.2) is 0 Å². The minimum atomic E-state index is -0.759. The highest BCUT2D eigenvalue weighted by Gasteiger charge is 2.16. The second kappa shape index (κ2) is 7.31. The van der Waals surface area contributed by atoms with Crippen LogP contribution in [0.25, 0.3) is 0 Å². The van der Waals surface area contributed by atoms with Crippen LogP contribution in [-0.4, -0.2) is 33.0 Å². The molecule has 0 heterocycles. The standard InChI is InChI=1S/C17H19N3O3/c1-20(2)13-8-6-7-12(11-13)18-16(21)17(22)19-14-9-4-5-10-15(14)23-3/h4-11H,1-3H3,(H,18,21)(H,19,22). The van der Waals surface area contributed by atoms with Gasteiger partial charge in [0.25, 0.3) is 0 Å². The average molecular weight is 313 g/mol. The summed E-state index contributed by atoms with van der Waals surface area (Å²) < 4.78 is 5.13. The quantitative estimate of drug-likeness (QED) is 0.850. The number of ether oxygens (including phenoxy) is 1. The van der Waals surface area contributed by atoms with Gasteiger partial charge in [0.1, 0.15) is 5.75 Å². The molecule has 0 saturated heterocycles. The van der Waals surface area contributed by atoms with Gasteiger partial charge in [-0.05, 0) is 30.3 Å². The molecule has 0 aromatic heterocycles. The molecule has 6 nitrogen and oxygen atoms in total. The lowest BCUT2D eigenvalue weighted by molar-refractivity contribution is -0.133. The number of hydrogen-bond acceptors (Lipinski definition) is 4. The summed E-state index contributed by atoms with van der Waals surface area (Å²) in [4.78, 5) is 25.9. The van der Waals surface area contributed by atoms with Gasteiger partial charge < -0.3 is 20.3 Å². The fraction of sp³-hybridized carbons (Fsp3) is 0.176. The van der Waals surface area contributed by atoms with Crippen molar-refractivity contribution in [2.75, 3.05) is 36.7 Å². The van der Waals surface area contributed by atoms with Crippen molar-refractivity contribution >= 4 is 28.9 Å². The predicted molar refractivity (Wildman–Crippen MR) is 91.0 cm³/mol. The summed E-state index contributed by atoms with van der Waals surface area (Å²) in [7, 11) is 5.29.